The van der Waals surface area contributed by atoms with Crippen molar-refractivity contribution < 1.29 is 4.74 Å². The van der Waals surface area contributed by atoms with Crippen LogP contribution in [0.25, 0.3) is 0 Å². The maximum absolute atomic E-state index is 5.28. The Labute approximate surface area is 110 Å². The SMILES string of the molecule is CCC1(CN(C)c2cccc(OC)c2)CCCN1. The normalized spacial score (nSPS) is 23.1. The molecule has 1 heterocycles. The predicted octanol–water partition coefficient (Wildman–Crippen LogP) is 2.66. The minimum Gasteiger partial charge on any atom is -0.497 e. The van der Waals surface area contributed by atoms with Crippen LogP contribution >= 0.6 is 0 Å². The molecule has 1 aliphatic heterocycles. The molecule has 0 amide bonds. The molecule has 1 atom stereocenters. The highest BCUT2D eigenvalue weighted by molar-refractivity contribution is 5.50. The zero-order valence-electron chi connectivity index (χ0n) is 11.7. The van der Waals surface area contributed by atoms with Crippen LogP contribution in [0, 0.1) is 0 Å². The molecule has 2 rings (SSSR count). The van der Waals surface area contributed by atoms with E-state index in [-0.39, 0.29) is 5.54 Å². The van der Waals surface area contributed by atoms with Gasteiger partial charge in [-0.25, -0.2) is 0 Å². The summed E-state index contributed by atoms with van der Waals surface area (Å²) in [5.74, 6) is 0.921. The van der Waals surface area contributed by atoms with Crippen LogP contribution in [0.1, 0.15) is 26.2 Å². The van der Waals surface area contributed by atoms with Crippen LogP contribution < -0.4 is 15.0 Å². The fourth-order valence-electron chi connectivity index (χ4n) is 2.81. The second-order valence-electron chi connectivity index (χ2n) is 5.22. The van der Waals surface area contributed by atoms with Gasteiger partial charge in [0.25, 0.3) is 0 Å². The van der Waals surface area contributed by atoms with Crippen molar-refractivity contribution in [1.29, 1.82) is 0 Å². The van der Waals surface area contributed by atoms with E-state index in [1.165, 1.54) is 24.9 Å². The van der Waals surface area contributed by atoms with E-state index in [1.807, 2.05) is 12.1 Å². The molecule has 3 heteroatoms. The predicted molar refractivity (Wildman–Crippen MR) is 76.5 cm³/mol. The van der Waals surface area contributed by atoms with Crippen molar-refractivity contribution >= 4 is 5.69 Å². The minimum atomic E-state index is 0.290. The van der Waals surface area contributed by atoms with Gasteiger partial charge >= 0.3 is 0 Å². The summed E-state index contributed by atoms with van der Waals surface area (Å²) in [5.41, 5.74) is 1.51. The first-order chi connectivity index (χ1) is 8.69. The monoisotopic (exact) mass is 248 g/mol. The number of benzene rings is 1. The van der Waals surface area contributed by atoms with Gasteiger partial charge in [0.1, 0.15) is 5.75 Å². The Morgan fingerprint density at radius 1 is 1.44 bits per heavy atom. The molecule has 1 aromatic rings. The van der Waals surface area contributed by atoms with Gasteiger partial charge in [-0.3, -0.25) is 0 Å². The van der Waals surface area contributed by atoms with Crippen molar-refractivity contribution in [3.8, 4) is 5.75 Å². The highest BCUT2D eigenvalue weighted by atomic mass is 16.5. The number of nitrogens with zero attached hydrogens (tertiary/aromatic N) is 1. The Morgan fingerprint density at radius 3 is 2.89 bits per heavy atom. The summed E-state index contributed by atoms with van der Waals surface area (Å²) in [6, 6.07) is 8.27. The highest BCUT2D eigenvalue weighted by Gasteiger charge is 2.32. The fourth-order valence-corrected chi connectivity index (χ4v) is 2.81. The summed E-state index contributed by atoms with van der Waals surface area (Å²) >= 11 is 0. The number of hydrogen-bond donors (Lipinski definition) is 1. The van der Waals surface area contributed by atoms with Gasteiger partial charge < -0.3 is 15.0 Å². The van der Waals surface area contributed by atoms with Gasteiger partial charge in [-0.1, -0.05) is 13.0 Å². The van der Waals surface area contributed by atoms with Gasteiger partial charge in [0, 0.05) is 30.9 Å². The summed E-state index contributed by atoms with van der Waals surface area (Å²) in [5, 5.41) is 3.68. The standard InChI is InChI=1S/C15H24N2O/c1-4-15(9-6-10-16-15)12-17(2)13-7-5-8-14(11-13)18-3/h5,7-8,11,16H,4,6,9-10,12H2,1-3H3. The van der Waals surface area contributed by atoms with Crippen molar-refractivity contribution in [2.24, 2.45) is 0 Å². The molecule has 18 heavy (non-hydrogen) atoms. The summed E-state index contributed by atoms with van der Waals surface area (Å²) in [6.45, 7) is 4.48. The van der Waals surface area contributed by atoms with E-state index >= 15 is 0 Å². The highest BCUT2D eigenvalue weighted by Crippen LogP contribution is 2.27. The summed E-state index contributed by atoms with van der Waals surface area (Å²) in [6.07, 6.45) is 3.75. The molecule has 1 unspecified atom stereocenters. The molecule has 0 aliphatic carbocycles. The Bertz CT molecular complexity index is 386. The number of likely N-dealkylation sites (N-methyl/N-ethyl adjacent to an activating group) is 1. The third kappa shape index (κ3) is 2.78. The van der Waals surface area contributed by atoms with E-state index in [9.17, 15) is 0 Å². The van der Waals surface area contributed by atoms with Crippen LogP contribution in [0.3, 0.4) is 0 Å². The third-order valence-electron chi connectivity index (χ3n) is 4.04. The Morgan fingerprint density at radius 2 is 2.28 bits per heavy atom. The number of methoxy groups -OCH3 is 1. The zero-order valence-corrected chi connectivity index (χ0v) is 11.7. The average Bonchev–Trinajstić information content (AvgIpc) is 2.88. The molecule has 1 aliphatic rings. The van der Waals surface area contributed by atoms with Crippen molar-refractivity contribution in [2.75, 3.05) is 32.1 Å². The van der Waals surface area contributed by atoms with Crippen molar-refractivity contribution in [1.82, 2.24) is 5.32 Å². The van der Waals surface area contributed by atoms with Gasteiger partial charge in [0.05, 0.1) is 7.11 Å². The average molecular weight is 248 g/mol. The molecule has 0 spiro atoms. The lowest BCUT2D eigenvalue weighted by atomic mass is 9.93. The first kappa shape index (κ1) is 13.2. The summed E-state index contributed by atoms with van der Waals surface area (Å²) in [4.78, 5) is 2.32. The lowest BCUT2D eigenvalue weighted by Crippen LogP contribution is -2.48. The van der Waals surface area contributed by atoms with E-state index < -0.39 is 0 Å². The first-order valence-corrected chi connectivity index (χ1v) is 6.79. The number of nitrogens with one attached hydrogen (secondary N) is 1. The summed E-state index contributed by atoms with van der Waals surface area (Å²) < 4.78 is 5.28. The van der Waals surface area contributed by atoms with Crippen LogP contribution in [-0.2, 0) is 0 Å². The molecule has 1 saturated heterocycles. The van der Waals surface area contributed by atoms with Gasteiger partial charge in [-0.2, -0.15) is 0 Å². The molecule has 0 saturated carbocycles. The largest absolute Gasteiger partial charge is 0.497 e. The topological polar surface area (TPSA) is 24.5 Å². The van der Waals surface area contributed by atoms with Crippen LogP contribution in [-0.4, -0.2) is 32.8 Å². The molecule has 0 radical (unpaired) electrons. The minimum absolute atomic E-state index is 0.290. The quantitative estimate of drug-likeness (QED) is 0.867. The second kappa shape index (κ2) is 5.61. The Hall–Kier alpha value is -1.22. The van der Waals surface area contributed by atoms with Crippen LogP contribution in [0.5, 0.6) is 5.75 Å². The molecule has 0 aromatic heterocycles. The fraction of sp³-hybridized carbons (Fsp3) is 0.600. The van der Waals surface area contributed by atoms with Crippen molar-refractivity contribution in [2.45, 2.75) is 31.7 Å². The van der Waals surface area contributed by atoms with Gasteiger partial charge in [0.2, 0.25) is 0 Å². The summed E-state index contributed by atoms with van der Waals surface area (Å²) in [7, 11) is 3.87. The zero-order chi connectivity index (χ0) is 13.0. The molecular weight excluding hydrogens is 224 g/mol. The molecular formula is C15H24N2O. The number of rotatable bonds is 5. The molecule has 1 N–H and O–H groups in total. The van der Waals surface area contributed by atoms with Crippen LogP contribution in [0.2, 0.25) is 0 Å². The second-order valence-corrected chi connectivity index (χ2v) is 5.22. The third-order valence-corrected chi connectivity index (χ3v) is 4.04. The Kier molecular flexibility index (Phi) is 4.12. The molecule has 1 aromatic carbocycles. The lowest BCUT2D eigenvalue weighted by Gasteiger charge is -2.34. The van der Waals surface area contributed by atoms with Gasteiger partial charge in [0.15, 0.2) is 0 Å². The van der Waals surface area contributed by atoms with Crippen molar-refractivity contribution in [3.63, 3.8) is 0 Å². The Balaban J connectivity index is 2.08. The van der Waals surface area contributed by atoms with Crippen LogP contribution in [0.4, 0.5) is 5.69 Å². The van der Waals surface area contributed by atoms with E-state index in [4.69, 9.17) is 4.74 Å². The van der Waals surface area contributed by atoms with Gasteiger partial charge in [-0.15, -0.1) is 0 Å². The smallest absolute Gasteiger partial charge is 0.120 e. The maximum Gasteiger partial charge on any atom is 0.120 e. The molecule has 100 valence electrons. The lowest BCUT2D eigenvalue weighted by molar-refractivity contribution is 0.367. The molecule has 0 bridgehead atoms. The molecule has 1 fully saturated rings. The van der Waals surface area contributed by atoms with Gasteiger partial charge in [-0.05, 0) is 37.9 Å². The van der Waals surface area contributed by atoms with Crippen LogP contribution in [0.15, 0.2) is 24.3 Å². The van der Waals surface area contributed by atoms with E-state index in [2.05, 4.69) is 36.3 Å². The van der Waals surface area contributed by atoms with Crippen molar-refractivity contribution in [3.05, 3.63) is 24.3 Å². The molecule has 3 nitrogen and oxygen atoms in total. The number of hydrogen-bond acceptors (Lipinski definition) is 3. The first-order valence-electron chi connectivity index (χ1n) is 6.79. The van der Waals surface area contributed by atoms with E-state index in [0.29, 0.717) is 0 Å². The maximum atomic E-state index is 5.28. The number of ether oxygens (including phenoxy) is 1. The number of anilines is 1. The van der Waals surface area contributed by atoms with E-state index in [0.717, 1.165) is 18.8 Å². The van der Waals surface area contributed by atoms with E-state index in [1.54, 1.807) is 7.11 Å².